The van der Waals surface area contributed by atoms with Gasteiger partial charge in [-0.05, 0) is 56.2 Å². The lowest BCUT2D eigenvalue weighted by Gasteiger charge is -2.45. The van der Waals surface area contributed by atoms with Crippen LogP contribution in [0, 0.1) is 11.7 Å². The van der Waals surface area contributed by atoms with Gasteiger partial charge in [-0.2, -0.15) is 0 Å². The van der Waals surface area contributed by atoms with E-state index >= 15 is 0 Å². The van der Waals surface area contributed by atoms with Crippen molar-refractivity contribution in [3.8, 4) is 0 Å². The monoisotopic (exact) mass is 277 g/mol. The van der Waals surface area contributed by atoms with E-state index in [9.17, 15) is 9.50 Å². The summed E-state index contributed by atoms with van der Waals surface area (Å²) in [7, 11) is 0. The third-order valence-electron chi connectivity index (χ3n) is 5.01. The van der Waals surface area contributed by atoms with E-state index < -0.39 is 6.10 Å². The molecular weight excluding hydrogens is 253 g/mol. The van der Waals surface area contributed by atoms with Crippen LogP contribution in [0.15, 0.2) is 18.2 Å². The molecule has 0 aromatic heterocycles. The van der Waals surface area contributed by atoms with Gasteiger partial charge in [0.1, 0.15) is 5.82 Å². The maximum atomic E-state index is 14.4. The highest BCUT2D eigenvalue weighted by atomic mass is 19.1. The van der Waals surface area contributed by atoms with Crippen LogP contribution in [0.3, 0.4) is 0 Å². The van der Waals surface area contributed by atoms with Gasteiger partial charge in [-0.25, -0.2) is 4.39 Å². The summed E-state index contributed by atoms with van der Waals surface area (Å²) in [6.07, 6.45) is 6.95. The zero-order chi connectivity index (χ0) is 14.1. The molecule has 0 spiro atoms. The molecule has 3 heteroatoms. The van der Waals surface area contributed by atoms with Crippen molar-refractivity contribution in [2.24, 2.45) is 5.92 Å². The smallest absolute Gasteiger partial charge is 0.146 e. The fourth-order valence-electron chi connectivity index (χ4n) is 3.94. The van der Waals surface area contributed by atoms with Crippen molar-refractivity contribution >= 4 is 5.69 Å². The number of benzene rings is 1. The van der Waals surface area contributed by atoms with Gasteiger partial charge >= 0.3 is 0 Å². The van der Waals surface area contributed by atoms with Crippen molar-refractivity contribution in [3.05, 3.63) is 29.6 Å². The molecule has 0 amide bonds. The Morgan fingerprint density at radius 2 is 1.95 bits per heavy atom. The van der Waals surface area contributed by atoms with Crippen LogP contribution in [-0.4, -0.2) is 17.7 Å². The van der Waals surface area contributed by atoms with Crippen LogP contribution in [0.25, 0.3) is 0 Å². The summed E-state index contributed by atoms with van der Waals surface area (Å²) in [5.41, 5.74) is 1.38. The molecule has 110 valence electrons. The molecule has 1 aromatic carbocycles. The summed E-state index contributed by atoms with van der Waals surface area (Å²) in [5.74, 6) is 0.558. The van der Waals surface area contributed by atoms with Crippen molar-refractivity contribution in [2.45, 2.75) is 57.6 Å². The van der Waals surface area contributed by atoms with Crippen molar-refractivity contribution in [3.63, 3.8) is 0 Å². The quantitative estimate of drug-likeness (QED) is 0.882. The lowest BCUT2D eigenvalue weighted by molar-refractivity contribution is 0.198. The number of anilines is 1. The third-order valence-corrected chi connectivity index (χ3v) is 5.01. The lowest BCUT2D eigenvalue weighted by atomic mass is 9.78. The molecule has 1 N–H and O–H groups in total. The van der Waals surface area contributed by atoms with E-state index in [0.29, 0.717) is 11.6 Å². The molecule has 2 fully saturated rings. The largest absolute Gasteiger partial charge is 0.389 e. The van der Waals surface area contributed by atoms with Gasteiger partial charge in [-0.3, -0.25) is 0 Å². The standard InChI is InChI=1S/C17H24FNO/c1-12(20)14-8-9-17(15(18)11-14)19-10-4-6-13-5-2-3-7-16(13)19/h8-9,11-13,16,20H,2-7,10H2,1H3. The second kappa shape index (κ2) is 5.72. The Hall–Kier alpha value is -1.09. The van der Waals surface area contributed by atoms with E-state index in [1.54, 1.807) is 6.92 Å². The molecule has 1 saturated carbocycles. The molecule has 3 atom stereocenters. The maximum absolute atomic E-state index is 14.4. The minimum atomic E-state index is -0.609. The molecule has 2 aliphatic rings. The number of nitrogens with zero attached hydrogens (tertiary/aromatic N) is 1. The number of hydrogen-bond donors (Lipinski definition) is 1. The molecule has 3 rings (SSSR count). The Morgan fingerprint density at radius 3 is 2.70 bits per heavy atom. The number of aliphatic hydroxyl groups excluding tert-OH is 1. The Morgan fingerprint density at radius 1 is 1.20 bits per heavy atom. The second-order valence-corrected chi connectivity index (χ2v) is 6.33. The van der Waals surface area contributed by atoms with Crippen molar-refractivity contribution in [2.75, 3.05) is 11.4 Å². The first-order valence-electron chi connectivity index (χ1n) is 7.91. The third kappa shape index (κ3) is 2.56. The average molecular weight is 277 g/mol. The normalized spacial score (nSPS) is 28.1. The number of halogens is 1. The van der Waals surface area contributed by atoms with Gasteiger partial charge in [0.05, 0.1) is 11.8 Å². The molecule has 0 bridgehead atoms. The van der Waals surface area contributed by atoms with Crippen LogP contribution >= 0.6 is 0 Å². The van der Waals surface area contributed by atoms with E-state index in [1.807, 2.05) is 12.1 Å². The van der Waals surface area contributed by atoms with Crippen molar-refractivity contribution in [1.29, 1.82) is 0 Å². The van der Waals surface area contributed by atoms with Gasteiger partial charge < -0.3 is 10.0 Å². The number of rotatable bonds is 2. The second-order valence-electron chi connectivity index (χ2n) is 6.33. The number of piperidine rings is 1. The SMILES string of the molecule is CC(O)c1ccc(N2CCCC3CCCCC32)c(F)c1. The van der Waals surface area contributed by atoms with Gasteiger partial charge in [-0.15, -0.1) is 0 Å². The highest BCUT2D eigenvalue weighted by Crippen LogP contribution is 2.38. The molecule has 0 radical (unpaired) electrons. The number of hydrogen-bond acceptors (Lipinski definition) is 2. The van der Waals surface area contributed by atoms with Crippen LogP contribution in [0.2, 0.25) is 0 Å². The molecular formula is C17H24FNO. The molecule has 3 unspecified atom stereocenters. The number of fused-ring (bicyclic) bond motifs is 1. The van der Waals surface area contributed by atoms with E-state index in [-0.39, 0.29) is 5.82 Å². The molecule has 1 aliphatic carbocycles. The van der Waals surface area contributed by atoms with Gasteiger partial charge in [0.2, 0.25) is 0 Å². The lowest BCUT2D eigenvalue weighted by Crippen LogP contribution is -2.47. The first-order chi connectivity index (χ1) is 9.66. The van der Waals surface area contributed by atoms with Gasteiger partial charge in [0.15, 0.2) is 0 Å². The van der Waals surface area contributed by atoms with Crippen LogP contribution < -0.4 is 4.90 Å². The summed E-state index contributed by atoms with van der Waals surface area (Å²) in [6.45, 7) is 2.64. The summed E-state index contributed by atoms with van der Waals surface area (Å²) in [5, 5.41) is 9.56. The zero-order valence-electron chi connectivity index (χ0n) is 12.2. The molecule has 20 heavy (non-hydrogen) atoms. The summed E-state index contributed by atoms with van der Waals surface area (Å²) < 4.78 is 14.4. The molecule has 1 aromatic rings. The Bertz CT molecular complexity index is 472. The van der Waals surface area contributed by atoms with Crippen molar-refractivity contribution in [1.82, 2.24) is 0 Å². The molecule has 2 nitrogen and oxygen atoms in total. The van der Waals surface area contributed by atoms with Crippen LogP contribution in [0.4, 0.5) is 10.1 Å². The van der Waals surface area contributed by atoms with Crippen LogP contribution in [0.5, 0.6) is 0 Å². The van der Waals surface area contributed by atoms with E-state index in [2.05, 4.69) is 4.90 Å². The minimum absolute atomic E-state index is 0.186. The zero-order valence-corrected chi connectivity index (χ0v) is 12.2. The summed E-state index contributed by atoms with van der Waals surface area (Å²) in [6, 6.07) is 5.72. The topological polar surface area (TPSA) is 23.5 Å². The molecule has 1 saturated heterocycles. The first kappa shape index (κ1) is 13.9. The predicted molar refractivity (Wildman–Crippen MR) is 79.4 cm³/mol. The van der Waals surface area contributed by atoms with Gasteiger partial charge in [-0.1, -0.05) is 18.9 Å². The average Bonchev–Trinajstić information content (AvgIpc) is 2.46. The highest BCUT2D eigenvalue weighted by molar-refractivity contribution is 5.51. The van der Waals surface area contributed by atoms with Gasteiger partial charge in [0.25, 0.3) is 0 Å². The van der Waals surface area contributed by atoms with E-state index in [4.69, 9.17) is 0 Å². The minimum Gasteiger partial charge on any atom is -0.389 e. The predicted octanol–water partition coefficient (Wildman–Crippen LogP) is 4.04. The highest BCUT2D eigenvalue weighted by Gasteiger charge is 2.34. The van der Waals surface area contributed by atoms with Crippen LogP contribution in [-0.2, 0) is 0 Å². The fourth-order valence-corrected chi connectivity index (χ4v) is 3.94. The molecule has 1 heterocycles. The summed E-state index contributed by atoms with van der Waals surface area (Å²) >= 11 is 0. The summed E-state index contributed by atoms with van der Waals surface area (Å²) in [4.78, 5) is 2.29. The maximum Gasteiger partial charge on any atom is 0.146 e. The number of aliphatic hydroxyl groups is 1. The Labute approximate surface area is 120 Å². The van der Waals surface area contributed by atoms with E-state index in [1.165, 1.54) is 44.6 Å². The fraction of sp³-hybridized carbons (Fsp3) is 0.647. The Balaban J connectivity index is 1.87. The molecule has 1 aliphatic heterocycles. The van der Waals surface area contributed by atoms with E-state index in [0.717, 1.165) is 18.2 Å². The van der Waals surface area contributed by atoms with Gasteiger partial charge in [0, 0.05) is 12.6 Å². The van der Waals surface area contributed by atoms with Crippen molar-refractivity contribution < 1.29 is 9.50 Å². The van der Waals surface area contributed by atoms with Crippen LogP contribution in [0.1, 0.15) is 57.1 Å². The first-order valence-corrected chi connectivity index (χ1v) is 7.91. The Kier molecular flexibility index (Phi) is 3.97.